The van der Waals surface area contributed by atoms with Crippen LogP contribution in [0.1, 0.15) is 23.1 Å². The number of nitrogens with zero attached hydrogens (tertiary/aromatic N) is 2. The van der Waals surface area contributed by atoms with Crippen LogP contribution in [0.5, 0.6) is 11.5 Å². The fourth-order valence-corrected chi connectivity index (χ4v) is 5.40. The molecule has 1 unspecified atom stereocenters. The summed E-state index contributed by atoms with van der Waals surface area (Å²) in [5.74, 6) is 1.47. The Hall–Kier alpha value is -2.90. The van der Waals surface area contributed by atoms with E-state index in [9.17, 15) is 4.21 Å². The minimum atomic E-state index is -1.26. The van der Waals surface area contributed by atoms with Crippen LogP contribution in [0.25, 0.3) is 0 Å². The molecule has 1 aliphatic rings. The number of fused-ring (bicyclic) bond motifs is 2. The Balaban J connectivity index is 1.46. The molecule has 0 saturated carbocycles. The molecule has 0 fully saturated rings. The normalized spacial score (nSPS) is 14.6. The average molecular weight is 452 g/mol. The molecule has 7 heteroatoms. The molecular weight excluding hydrogens is 422 g/mol. The molecule has 1 atom stereocenters. The molecule has 0 bridgehead atoms. The third kappa shape index (κ3) is 4.23. The molecule has 2 heterocycles. The van der Waals surface area contributed by atoms with Gasteiger partial charge < -0.3 is 19.7 Å². The Kier molecular flexibility index (Phi) is 6.77. The molecule has 168 valence electrons. The second-order valence-corrected chi connectivity index (χ2v) is 9.19. The maximum atomic E-state index is 13.1. The first-order chi connectivity index (χ1) is 15.5. The van der Waals surface area contributed by atoms with E-state index in [-0.39, 0.29) is 0 Å². The van der Waals surface area contributed by atoms with Gasteiger partial charge >= 0.3 is 0 Å². The summed E-state index contributed by atoms with van der Waals surface area (Å²) in [4.78, 5) is 7.56. The van der Waals surface area contributed by atoms with Crippen molar-refractivity contribution < 1.29 is 13.7 Å². The van der Waals surface area contributed by atoms with E-state index < -0.39 is 10.8 Å². The number of aromatic nitrogens is 1. The molecule has 0 amide bonds. The number of aryl methyl sites for hydroxylation is 1. The van der Waals surface area contributed by atoms with Gasteiger partial charge in [0.05, 0.1) is 30.5 Å². The van der Waals surface area contributed by atoms with Crippen LogP contribution in [0.2, 0.25) is 0 Å². The smallest absolute Gasteiger partial charge is 0.161 e. The standard InChI is InChI=1S/C25H29N3O3S/c1-17-8-11-23-24(18(17)2)28(20-7-5-13-27-25(20)32(23)29)14-6-12-26-16-19-9-10-21(30-3)22(15-19)31-4/h5,7-11,13,15,26H,6,12,14,16H2,1-4H3. The van der Waals surface area contributed by atoms with E-state index in [4.69, 9.17) is 9.47 Å². The quantitative estimate of drug-likeness (QED) is 0.508. The molecule has 0 radical (unpaired) electrons. The van der Waals surface area contributed by atoms with Gasteiger partial charge in [-0.1, -0.05) is 12.1 Å². The Morgan fingerprint density at radius 2 is 1.88 bits per heavy atom. The molecule has 0 spiro atoms. The number of hydrogen-bond acceptors (Lipinski definition) is 6. The lowest BCUT2D eigenvalue weighted by Crippen LogP contribution is -2.29. The summed E-state index contributed by atoms with van der Waals surface area (Å²) >= 11 is 0. The molecule has 1 N–H and O–H groups in total. The van der Waals surface area contributed by atoms with Gasteiger partial charge in [0, 0.05) is 19.3 Å². The lowest BCUT2D eigenvalue weighted by Gasteiger charge is -2.34. The lowest BCUT2D eigenvalue weighted by molar-refractivity contribution is 0.354. The number of methoxy groups -OCH3 is 2. The Bertz CT molecular complexity index is 1150. The largest absolute Gasteiger partial charge is 0.493 e. The summed E-state index contributed by atoms with van der Waals surface area (Å²) in [7, 11) is 2.03. The van der Waals surface area contributed by atoms with Crippen LogP contribution in [-0.2, 0) is 17.3 Å². The molecule has 4 rings (SSSR count). The first-order valence-corrected chi connectivity index (χ1v) is 11.9. The minimum absolute atomic E-state index is 0.640. The third-order valence-electron chi connectivity index (χ3n) is 5.86. The zero-order chi connectivity index (χ0) is 22.7. The second-order valence-electron chi connectivity index (χ2n) is 7.82. The molecule has 32 heavy (non-hydrogen) atoms. The summed E-state index contributed by atoms with van der Waals surface area (Å²) in [5.41, 5.74) is 5.51. The molecule has 2 aromatic carbocycles. The zero-order valence-corrected chi connectivity index (χ0v) is 19.8. The molecule has 1 aliphatic heterocycles. The fraction of sp³-hybridized carbons (Fsp3) is 0.320. The van der Waals surface area contributed by atoms with Crippen LogP contribution < -0.4 is 19.7 Å². The van der Waals surface area contributed by atoms with Gasteiger partial charge in [0.25, 0.3) is 0 Å². The summed E-state index contributed by atoms with van der Waals surface area (Å²) in [6, 6.07) is 13.9. The van der Waals surface area contributed by atoms with Crippen molar-refractivity contribution in [1.82, 2.24) is 10.3 Å². The molecule has 1 aromatic heterocycles. The number of rotatable bonds is 8. The highest BCUT2D eigenvalue weighted by molar-refractivity contribution is 7.85. The topological polar surface area (TPSA) is 63.7 Å². The SMILES string of the molecule is COc1ccc(CNCCCN2c3cccnc3S(=O)c3ccc(C)c(C)c32)cc1OC. The number of benzene rings is 2. The van der Waals surface area contributed by atoms with Crippen LogP contribution in [-0.4, -0.2) is 36.5 Å². The molecule has 6 nitrogen and oxygen atoms in total. The van der Waals surface area contributed by atoms with Crippen LogP contribution in [0.4, 0.5) is 11.4 Å². The van der Waals surface area contributed by atoms with Gasteiger partial charge in [0.1, 0.15) is 10.8 Å². The van der Waals surface area contributed by atoms with Crippen molar-refractivity contribution >= 4 is 22.2 Å². The first kappa shape index (κ1) is 22.3. The van der Waals surface area contributed by atoms with E-state index >= 15 is 0 Å². The maximum Gasteiger partial charge on any atom is 0.161 e. The zero-order valence-electron chi connectivity index (χ0n) is 19.0. The van der Waals surface area contributed by atoms with E-state index in [0.717, 1.165) is 59.4 Å². The predicted molar refractivity (Wildman–Crippen MR) is 128 cm³/mol. The van der Waals surface area contributed by atoms with Crippen LogP contribution in [0.15, 0.2) is 58.6 Å². The number of ether oxygens (including phenoxy) is 2. The van der Waals surface area contributed by atoms with Gasteiger partial charge in [0.2, 0.25) is 0 Å². The van der Waals surface area contributed by atoms with Crippen LogP contribution in [0.3, 0.4) is 0 Å². The highest BCUT2D eigenvalue weighted by atomic mass is 32.2. The van der Waals surface area contributed by atoms with E-state index in [2.05, 4.69) is 29.0 Å². The second kappa shape index (κ2) is 9.71. The number of pyridine rings is 1. The van der Waals surface area contributed by atoms with Crippen molar-refractivity contribution in [2.45, 2.75) is 36.7 Å². The summed E-state index contributed by atoms with van der Waals surface area (Å²) in [5, 5.41) is 4.15. The Morgan fingerprint density at radius 3 is 2.66 bits per heavy atom. The van der Waals surface area contributed by atoms with Gasteiger partial charge in [-0.25, -0.2) is 9.19 Å². The summed E-state index contributed by atoms with van der Waals surface area (Å²) in [6.07, 6.45) is 2.65. The first-order valence-electron chi connectivity index (χ1n) is 10.7. The maximum absolute atomic E-state index is 13.1. The highest BCUT2D eigenvalue weighted by Gasteiger charge is 2.30. The van der Waals surface area contributed by atoms with E-state index in [1.54, 1.807) is 20.4 Å². The van der Waals surface area contributed by atoms with Crippen molar-refractivity contribution in [2.24, 2.45) is 0 Å². The molecule has 0 aliphatic carbocycles. The van der Waals surface area contributed by atoms with Crippen molar-refractivity contribution in [3.63, 3.8) is 0 Å². The highest BCUT2D eigenvalue weighted by Crippen LogP contribution is 2.43. The molecule has 3 aromatic rings. The van der Waals surface area contributed by atoms with E-state index in [1.165, 1.54) is 11.1 Å². The van der Waals surface area contributed by atoms with Crippen molar-refractivity contribution in [3.05, 3.63) is 65.4 Å². The fourth-order valence-electron chi connectivity index (χ4n) is 4.03. The number of anilines is 2. The average Bonchev–Trinajstić information content (AvgIpc) is 2.82. The van der Waals surface area contributed by atoms with Gasteiger partial charge in [-0.2, -0.15) is 0 Å². The predicted octanol–water partition coefficient (Wildman–Crippen LogP) is 4.51. The molecule has 0 saturated heterocycles. The van der Waals surface area contributed by atoms with Crippen LogP contribution in [0, 0.1) is 13.8 Å². The van der Waals surface area contributed by atoms with Gasteiger partial charge in [-0.3, -0.25) is 0 Å². The van der Waals surface area contributed by atoms with Gasteiger partial charge in [-0.05, 0) is 73.8 Å². The summed E-state index contributed by atoms with van der Waals surface area (Å²) in [6.45, 7) is 6.61. The van der Waals surface area contributed by atoms with E-state index in [0.29, 0.717) is 5.03 Å². The third-order valence-corrected chi connectivity index (χ3v) is 7.26. The summed E-state index contributed by atoms with van der Waals surface area (Å²) < 4.78 is 23.8. The number of hydrogen-bond donors (Lipinski definition) is 1. The monoisotopic (exact) mass is 451 g/mol. The molecular formula is C25H29N3O3S. The van der Waals surface area contributed by atoms with Gasteiger partial charge in [-0.15, -0.1) is 0 Å². The van der Waals surface area contributed by atoms with Gasteiger partial charge in [0.15, 0.2) is 16.5 Å². The van der Waals surface area contributed by atoms with E-state index in [1.807, 2.05) is 42.5 Å². The Morgan fingerprint density at radius 1 is 1.06 bits per heavy atom. The number of nitrogens with one attached hydrogen (secondary N) is 1. The van der Waals surface area contributed by atoms with Crippen LogP contribution >= 0.6 is 0 Å². The van der Waals surface area contributed by atoms with Crippen molar-refractivity contribution in [3.8, 4) is 11.5 Å². The Labute approximate surface area is 192 Å². The minimum Gasteiger partial charge on any atom is -0.493 e. The van der Waals surface area contributed by atoms with Crippen molar-refractivity contribution in [1.29, 1.82) is 0 Å². The lowest BCUT2D eigenvalue weighted by atomic mass is 10.1. The van der Waals surface area contributed by atoms with Crippen molar-refractivity contribution in [2.75, 3.05) is 32.2 Å².